The molecule has 2 aromatic rings. The number of carbonyl (C=O) groups excluding carboxylic acids is 1. The zero-order valence-electron chi connectivity index (χ0n) is 13.3. The third-order valence-corrected chi connectivity index (χ3v) is 3.71. The van der Waals surface area contributed by atoms with Crippen LogP contribution in [0.25, 0.3) is 0 Å². The number of amides is 1. The average Bonchev–Trinajstić information content (AvgIpc) is 2.56. The van der Waals surface area contributed by atoms with E-state index in [0.717, 1.165) is 5.56 Å². The Hall–Kier alpha value is -2.40. The van der Waals surface area contributed by atoms with E-state index in [0.29, 0.717) is 27.9 Å². The predicted octanol–water partition coefficient (Wildman–Crippen LogP) is 3.72. The van der Waals surface area contributed by atoms with Gasteiger partial charge >= 0.3 is 0 Å². The summed E-state index contributed by atoms with van der Waals surface area (Å²) in [7, 11) is 3.12. The Bertz CT molecular complexity index is 704. The number of benzene rings is 2. The van der Waals surface area contributed by atoms with Crippen LogP contribution >= 0.6 is 11.6 Å². The van der Waals surface area contributed by atoms with Crippen LogP contribution in [0.3, 0.4) is 0 Å². The maximum Gasteiger partial charge on any atom is 0.243 e. The van der Waals surface area contributed by atoms with E-state index in [-0.39, 0.29) is 12.5 Å². The van der Waals surface area contributed by atoms with Crippen molar-refractivity contribution in [3.63, 3.8) is 0 Å². The number of rotatable bonds is 6. The molecule has 0 aromatic heterocycles. The largest absolute Gasteiger partial charge is 0.495 e. The van der Waals surface area contributed by atoms with Crippen molar-refractivity contribution in [2.24, 2.45) is 0 Å². The highest BCUT2D eigenvalue weighted by Crippen LogP contribution is 2.30. The molecule has 5 nitrogen and oxygen atoms in total. The summed E-state index contributed by atoms with van der Waals surface area (Å²) in [6, 6.07) is 10.8. The predicted molar refractivity (Wildman–Crippen MR) is 92.9 cm³/mol. The van der Waals surface area contributed by atoms with Gasteiger partial charge in [-0.3, -0.25) is 4.79 Å². The minimum Gasteiger partial charge on any atom is -0.495 e. The summed E-state index contributed by atoms with van der Waals surface area (Å²) in [5.41, 5.74) is 2.24. The van der Waals surface area contributed by atoms with Crippen molar-refractivity contribution in [1.82, 2.24) is 0 Å². The fraction of sp³-hybridized carbons (Fsp3) is 0.235. The molecule has 1 amide bonds. The van der Waals surface area contributed by atoms with Gasteiger partial charge in [-0.15, -0.1) is 0 Å². The van der Waals surface area contributed by atoms with E-state index in [1.54, 1.807) is 32.4 Å². The smallest absolute Gasteiger partial charge is 0.243 e. The molecule has 0 atom stereocenters. The number of hydrogen-bond acceptors (Lipinski definition) is 4. The summed E-state index contributed by atoms with van der Waals surface area (Å²) in [6.45, 7) is 1.98. The van der Waals surface area contributed by atoms with Gasteiger partial charge in [-0.05, 0) is 30.7 Å². The van der Waals surface area contributed by atoms with Crippen LogP contribution in [0, 0.1) is 6.92 Å². The SMILES string of the molecule is COc1cc(Cl)c(C)cc1NCC(=O)Nc1ccccc1OC. The molecule has 0 aliphatic carbocycles. The first-order valence-corrected chi connectivity index (χ1v) is 7.43. The number of anilines is 2. The summed E-state index contributed by atoms with van der Waals surface area (Å²) in [6.07, 6.45) is 0. The maximum absolute atomic E-state index is 12.1. The molecule has 0 heterocycles. The van der Waals surface area contributed by atoms with E-state index >= 15 is 0 Å². The lowest BCUT2D eigenvalue weighted by molar-refractivity contribution is -0.114. The van der Waals surface area contributed by atoms with Crippen LogP contribution in [0.15, 0.2) is 36.4 Å². The lowest BCUT2D eigenvalue weighted by Crippen LogP contribution is -2.22. The Morgan fingerprint density at radius 1 is 1.09 bits per heavy atom. The van der Waals surface area contributed by atoms with Crippen LogP contribution < -0.4 is 20.1 Å². The van der Waals surface area contributed by atoms with Gasteiger partial charge in [0.05, 0.1) is 32.1 Å². The third kappa shape index (κ3) is 4.29. The van der Waals surface area contributed by atoms with E-state index in [9.17, 15) is 4.79 Å². The molecule has 0 spiro atoms. The molecule has 0 fully saturated rings. The molecule has 0 aliphatic rings. The molecule has 0 aliphatic heterocycles. The average molecular weight is 335 g/mol. The summed E-state index contributed by atoms with van der Waals surface area (Å²) in [4.78, 5) is 12.1. The lowest BCUT2D eigenvalue weighted by atomic mass is 10.2. The van der Waals surface area contributed by atoms with Crippen LogP contribution in [-0.4, -0.2) is 26.7 Å². The number of halogens is 1. The Balaban J connectivity index is 2.03. The molecule has 0 bridgehead atoms. The van der Waals surface area contributed by atoms with Crippen LogP contribution in [0.5, 0.6) is 11.5 Å². The van der Waals surface area contributed by atoms with Crippen molar-refractivity contribution < 1.29 is 14.3 Å². The number of ether oxygens (including phenoxy) is 2. The summed E-state index contributed by atoms with van der Waals surface area (Å²) >= 11 is 6.07. The van der Waals surface area contributed by atoms with Crippen molar-refractivity contribution >= 4 is 28.9 Å². The molecule has 6 heteroatoms. The lowest BCUT2D eigenvalue weighted by Gasteiger charge is -2.14. The van der Waals surface area contributed by atoms with Crippen LogP contribution in [0.1, 0.15) is 5.56 Å². The number of para-hydroxylation sites is 2. The molecule has 0 saturated carbocycles. The first kappa shape index (κ1) is 17.0. The second-order valence-electron chi connectivity index (χ2n) is 4.90. The Labute approximate surface area is 140 Å². The fourth-order valence-corrected chi connectivity index (χ4v) is 2.24. The monoisotopic (exact) mass is 334 g/mol. The highest BCUT2D eigenvalue weighted by molar-refractivity contribution is 6.31. The number of nitrogens with one attached hydrogen (secondary N) is 2. The van der Waals surface area contributed by atoms with Gasteiger partial charge in [-0.25, -0.2) is 0 Å². The maximum atomic E-state index is 12.1. The number of carbonyl (C=O) groups is 1. The Morgan fingerprint density at radius 3 is 2.48 bits per heavy atom. The van der Waals surface area contributed by atoms with Gasteiger partial charge in [0.1, 0.15) is 11.5 Å². The van der Waals surface area contributed by atoms with Gasteiger partial charge in [0.15, 0.2) is 0 Å². The van der Waals surface area contributed by atoms with E-state index in [1.807, 2.05) is 25.1 Å². The topological polar surface area (TPSA) is 59.6 Å². The molecular formula is C17H19ClN2O3. The van der Waals surface area contributed by atoms with Crippen molar-refractivity contribution in [3.05, 3.63) is 47.0 Å². The van der Waals surface area contributed by atoms with Gasteiger partial charge in [-0.2, -0.15) is 0 Å². The molecule has 23 heavy (non-hydrogen) atoms. The van der Waals surface area contributed by atoms with Crippen molar-refractivity contribution in [2.75, 3.05) is 31.4 Å². The number of methoxy groups -OCH3 is 2. The van der Waals surface area contributed by atoms with E-state index in [2.05, 4.69) is 10.6 Å². The second-order valence-corrected chi connectivity index (χ2v) is 5.31. The third-order valence-electron chi connectivity index (χ3n) is 3.30. The van der Waals surface area contributed by atoms with Gasteiger partial charge in [0, 0.05) is 11.1 Å². The van der Waals surface area contributed by atoms with Crippen LogP contribution in [0.2, 0.25) is 5.02 Å². The normalized spacial score (nSPS) is 10.1. The minimum absolute atomic E-state index is 0.0927. The molecule has 2 N–H and O–H groups in total. The molecule has 2 aromatic carbocycles. The molecule has 122 valence electrons. The molecule has 0 radical (unpaired) electrons. The van der Waals surface area contributed by atoms with Gasteiger partial charge in [0.2, 0.25) is 5.91 Å². The van der Waals surface area contributed by atoms with Crippen molar-refractivity contribution in [2.45, 2.75) is 6.92 Å². The molecular weight excluding hydrogens is 316 g/mol. The summed E-state index contributed by atoms with van der Waals surface area (Å²) in [5.74, 6) is 1.01. The zero-order chi connectivity index (χ0) is 16.8. The number of aryl methyl sites for hydroxylation is 1. The second kappa shape index (κ2) is 7.74. The summed E-state index contributed by atoms with van der Waals surface area (Å²) in [5, 5.41) is 6.47. The minimum atomic E-state index is -0.191. The fourth-order valence-electron chi connectivity index (χ4n) is 2.09. The van der Waals surface area contributed by atoms with Gasteiger partial charge in [0.25, 0.3) is 0 Å². The molecule has 0 saturated heterocycles. The van der Waals surface area contributed by atoms with Crippen LogP contribution in [0.4, 0.5) is 11.4 Å². The summed E-state index contributed by atoms with van der Waals surface area (Å²) < 4.78 is 10.5. The highest BCUT2D eigenvalue weighted by Gasteiger charge is 2.10. The molecule has 0 unspecified atom stereocenters. The van der Waals surface area contributed by atoms with Crippen LogP contribution in [-0.2, 0) is 4.79 Å². The first-order valence-electron chi connectivity index (χ1n) is 7.06. The Morgan fingerprint density at radius 2 is 1.78 bits per heavy atom. The van der Waals surface area contributed by atoms with Gasteiger partial charge < -0.3 is 20.1 Å². The molecule has 2 rings (SSSR count). The highest BCUT2D eigenvalue weighted by atomic mass is 35.5. The quantitative estimate of drug-likeness (QED) is 0.845. The Kier molecular flexibility index (Phi) is 5.71. The standard InChI is InChI=1S/C17H19ClN2O3/c1-11-8-14(16(23-3)9-12(11)18)19-10-17(21)20-13-6-4-5-7-15(13)22-2/h4-9,19H,10H2,1-3H3,(H,20,21). The van der Waals surface area contributed by atoms with E-state index < -0.39 is 0 Å². The van der Waals surface area contributed by atoms with E-state index in [4.69, 9.17) is 21.1 Å². The van der Waals surface area contributed by atoms with Crippen molar-refractivity contribution in [1.29, 1.82) is 0 Å². The first-order chi connectivity index (χ1) is 11.0. The number of hydrogen-bond donors (Lipinski definition) is 2. The van der Waals surface area contributed by atoms with Gasteiger partial charge in [-0.1, -0.05) is 23.7 Å². The zero-order valence-corrected chi connectivity index (χ0v) is 14.0. The van der Waals surface area contributed by atoms with E-state index in [1.165, 1.54) is 0 Å². The van der Waals surface area contributed by atoms with Crippen molar-refractivity contribution in [3.8, 4) is 11.5 Å².